The van der Waals surface area contributed by atoms with Crippen molar-refractivity contribution in [1.29, 1.82) is 0 Å². The molecule has 4 rings (SSSR count). The molecule has 0 spiro atoms. The van der Waals surface area contributed by atoms with Crippen molar-refractivity contribution >= 4 is 11.8 Å². The number of furan rings is 1. The van der Waals surface area contributed by atoms with Gasteiger partial charge in [0, 0.05) is 26.2 Å². The number of rotatable bonds is 5. The van der Waals surface area contributed by atoms with Gasteiger partial charge in [-0.3, -0.25) is 9.59 Å². The van der Waals surface area contributed by atoms with Crippen LogP contribution in [0.5, 0.6) is 5.75 Å². The molecule has 0 radical (unpaired) electrons. The van der Waals surface area contributed by atoms with Gasteiger partial charge in [-0.2, -0.15) is 0 Å². The average molecular weight is 408 g/mol. The maximum Gasteiger partial charge on any atom is 0.289 e. The van der Waals surface area contributed by atoms with E-state index in [1.165, 1.54) is 18.4 Å². The highest BCUT2D eigenvalue weighted by atomic mass is 19.1. The first-order valence-electron chi connectivity index (χ1n) is 9.70. The molecule has 0 atom stereocenters. The second kappa shape index (κ2) is 8.82. The monoisotopic (exact) mass is 408 g/mol. The van der Waals surface area contributed by atoms with Crippen LogP contribution in [0, 0.1) is 5.82 Å². The molecule has 0 unspecified atom stereocenters. The van der Waals surface area contributed by atoms with Crippen molar-refractivity contribution < 1.29 is 23.1 Å². The van der Waals surface area contributed by atoms with Crippen LogP contribution >= 0.6 is 0 Å². The number of hydrogen-bond donors (Lipinski definition) is 0. The second-order valence-electron chi connectivity index (χ2n) is 6.97. The normalized spacial score (nSPS) is 13.9. The molecule has 1 aliphatic heterocycles. The van der Waals surface area contributed by atoms with Crippen LogP contribution in [0.25, 0.3) is 0 Å². The smallest absolute Gasteiger partial charge is 0.289 e. The molecule has 2 heterocycles. The SMILES string of the molecule is O=C(c1ccco1)N1CCN(C(=O)c2ccccc2OCc2ccc(F)cc2)CC1. The fraction of sp³-hybridized carbons (Fsp3) is 0.217. The van der Waals surface area contributed by atoms with E-state index >= 15 is 0 Å². The summed E-state index contributed by atoms with van der Waals surface area (Å²) in [5, 5.41) is 0. The molecule has 6 nitrogen and oxygen atoms in total. The third-order valence-corrected chi connectivity index (χ3v) is 5.01. The van der Waals surface area contributed by atoms with Gasteiger partial charge in [0.2, 0.25) is 0 Å². The molecular weight excluding hydrogens is 387 g/mol. The Hall–Kier alpha value is -3.61. The summed E-state index contributed by atoms with van der Waals surface area (Å²) in [6, 6.07) is 16.4. The molecule has 154 valence electrons. The number of amides is 2. The van der Waals surface area contributed by atoms with Crippen LogP contribution in [0.2, 0.25) is 0 Å². The van der Waals surface area contributed by atoms with Crippen LogP contribution in [0.4, 0.5) is 4.39 Å². The molecule has 1 aromatic heterocycles. The Labute approximate surface area is 173 Å². The Kier molecular flexibility index (Phi) is 5.79. The second-order valence-corrected chi connectivity index (χ2v) is 6.97. The van der Waals surface area contributed by atoms with E-state index in [9.17, 15) is 14.0 Å². The molecule has 1 saturated heterocycles. The number of hydrogen-bond acceptors (Lipinski definition) is 4. The highest BCUT2D eigenvalue weighted by Gasteiger charge is 2.27. The van der Waals surface area contributed by atoms with Crippen LogP contribution in [0.15, 0.2) is 71.3 Å². The molecule has 1 aliphatic rings. The zero-order valence-electron chi connectivity index (χ0n) is 16.3. The number of halogens is 1. The Morgan fingerprint density at radius 1 is 0.867 bits per heavy atom. The summed E-state index contributed by atoms with van der Waals surface area (Å²) in [6.07, 6.45) is 1.47. The van der Waals surface area contributed by atoms with E-state index in [0.717, 1.165) is 5.56 Å². The van der Waals surface area contributed by atoms with Gasteiger partial charge in [0.15, 0.2) is 5.76 Å². The van der Waals surface area contributed by atoms with E-state index in [4.69, 9.17) is 9.15 Å². The van der Waals surface area contributed by atoms with Gasteiger partial charge in [-0.1, -0.05) is 24.3 Å². The van der Waals surface area contributed by atoms with Gasteiger partial charge in [0.05, 0.1) is 11.8 Å². The number of carbonyl (C=O) groups is 2. The standard InChI is InChI=1S/C23H21FN2O4/c24-18-9-7-17(8-10-18)16-30-20-5-2-1-4-19(20)22(27)25-11-13-26(14-12-25)23(28)21-6-3-15-29-21/h1-10,15H,11-14,16H2. The topological polar surface area (TPSA) is 63.0 Å². The van der Waals surface area contributed by atoms with Crippen molar-refractivity contribution in [3.63, 3.8) is 0 Å². The molecule has 0 bridgehead atoms. The summed E-state index contributed by atoms with van der Waals surface area (Å²) >= 11 is 0. The first-order chi connectivity index (χ1) is 14.6. The lowest BCUT2D eigenvalue weighted by Gasteiger charge is -2.34. The van der Waals surface area contributed by atoms with Crippen LogP contribution in [-0.2, 0) is 6.61 Å². The highest BCUT2D eigenvalue weighted by Crippen LogP contribution is 2.22. The molecule has 7 heteroatoms. The lowest BCUT2D eigenvalue weighted by Crippen LogP contribution is -2.50. The molecule has 0 aliphatic carbocycles. The largest absolute Gasteiger partial charge is 0.488 e. The molecule has 30 heavy (non-hydrogen) atoms. The number of para-hydroxylation sites is 1. The Bertz CT molecular complexity index is 1010. The van der Waals surface area contributed by atoms with E-state index in [2.05, 4.69) is 0 Å². The fourth-order valence-corrected chi connectivity index (χ4v) is 3.35. The maximum absolute atomic E-state index is 13.1. The van der Waals surface area contributed by atoms with Crippen LogP contribution in [-0.4, -0.2) is 47.8 Å². The van der Waals surface area contributed by atoms with Crippen LogP contribution < -0.4 is 4.74 Å². The number of ether oxygens (including phenoxy) is 1. The van der Waals surface area contributed by atoms with Gasteiger partial charge in [0.1, 0.15) is 18.2 Å². The maximum atomic E-state index is 13.1. The minimum Gasteiger partial charge on any atom is -0.488 e. The molecule has 2 amide bonds. The zero-order chi connectivity index (χ0) is 20.9. The fourth-order valence-electron chi connectivity index (χ4n) is 3.35. The zero-order valence-corrected chi connectivity index (χ0v) is 16.3. The first-order valence-corrected chi connectivity index (χ1v) is 9.70. The lowest BCUT2D eigenvalue weighted by atomic mass is 10.1. The van der Waals surface area contributed by atoms with Gasteiger partial charge in [-0.05, 0) is 42.0 Å². The van der Waals surface area contributed by atoms with Gasteiger partial charge < -0.3 is 19.0 Å². The quantitative estimate of drug-likeness (QED) is 0.647. The predicted molar refractivity (Wildman–Crippen MR) is 108 cm³/mol. The number of carbonyl (C=O) groups excluding carboxylic acids is 2. The van der Waals surface area contributed by atoms with E-state index in [1.54, 1.807) is 58.3 Å². The predicted octanol–water partition coefficient (Wildman–Crippen LogP) is 3.60. The molecule has 2 aromatic carbocycles. The lowest BCUT2D eigenvalue weighted by molar-refractivity contribution is 0.0516. The molecular formula is C23H21FN2O4. The summed E-state index contributed by atoms with van der Waals surface area (Å²) in [4.78, 5) is 28.8. The molecule has 0 saturated carbocycles. The van der Waals surface area contributed by atoms with Crippen LogP contribution in [0.3, 0.4) is 0 Å². The van der Waals surface area contributed by atoms with Gasteiger partial charge in [0.25, 0.3) is 11.8 Å². The number of piperazine rings is 1. The molecule has 1 fully saturated rings. The van der Waals surface area contributed by atoms with Crippen molar-refractivity contribution in [2.75, 3.05) is 26.2 Å². The summed E-state index contributed by atoms with van der Waals surface area (Å²) in [6.45, 7) is 1.96. The van der Waals surface area contributed by atoms with Gasteiger partial charge in [-0.25, -0.2) is 4.39 Å². The van der Waals surface area contributed by atoms with Crippen molar-refractivity contribution in [2.24, 2.45) is 0 Å². The van der Waals surface area contributed by atoms with Crippen molar-refractivity contribution in [1.82, 2.24) is 9.80 Å². The van der Waals surface area contributed by atoms with E-state index < -0.39 is 0 Å². The first kappa shape index (κ1) is 19.7. The highest BCUT2D eigenvalue weighted by molar-refractivity contribution is 5.97. The summed E-state index contributed by atoms with van der Waals surface area (Å²) in [5.41, 5.74) is 1.27. The average Bonchev–Trinajstić information content (AvgIpc) is 3.33. The molecule has 0 N–H and O–H groups in total. The molecule has 3 aromatic rings. The Morgan fingerprint density at radius 3 is 2.20 bits per heavy atom. The summed E-state index contributed by atoms with van der Waals surface area (Å²) < 4.78 is 24.1. The van der Waals surface area contributed by atoms with Crippen molar-refractivity contribution in [3.8, 4) is 5.75 Å². The number of benzene rings is 2. The van der Waals surface area contributed by atoms with Gasteiger partial charge >= 0.3 is 0 Å². The summed E-state index contributed by atoms with van der Waals surface area (Å²) in [7, 11) is 0. The number of nitrogens with zero attached hydrogens (tertiary/aromatic N) is 2. The third kappa shape index (κ3) is 4.35. The van der Waals surface area contributed by atoms with E-state index in [1.807, 2.05) is 0 Å². The third-order valence-electron chi connectivity index (χ3n) is 5.01. The Balaban J connectivity index is 1.39. The van der Waals surface area contributed by atoms with Crippen molar-refractivity contribution in [3.05, 3.63) is 89.6 Å². The summed E-state index contributed by atoms with van der Waals surface area (Å²) in [5.74, 6) is 0.152. The van der Waals surface area contributed by atoms with E-state index in [0.29, 0.717) is 43.3 Å². The van der Waals surface area contributed by atoms with Gasteiger partial charge in [-0.15, -0.1) is 0 Å². The van der Waals surface area contributed by atoms with Crippen LogP contribution in [0.1, 0.15) is 26.5 Å². The van der Waals surface area contributed by atoms with Crippen molar-refractivity contribution in [2.45, 2.75) is 6.61 Å². The minimum absolute atomic E-state index is 0.144. The Morgan fingerprint density at radius 2 is 1.53 bits per heavy atom. The minimum atomic E-state index is -0.306. The van der Waals surface area contributed by atoms with E-state index in [-0.39, 0.29) is 24.2 Å².